The summed E-state index contributed by atoms with van der Waals surface area (Å²) in [5, 5.41) is 11.9. The summed E-state index contributed by atoms with van der Waals surface area (Å²) >= 11 is 1.23. The molecule has 3 nitrogen and oxygen atoms in total. The highest BCUT2D eigenvalue weighted by molar-refractivity contribution is 7.12. The van der Waals surface area contributed by atoms with Gasteiger partial charge in [-0.25, -0.2) is 4.79 Å². The first-order valence-corrected chi connectivity index (χ1v) is 6.29. The highest BCUT2D eigenvalue weighted by Crippen LogP contribution is 2.29. The van der Waals surface area contributed by atoms with Gasteiger partial charge in [0.15, 0.2) is 0 Å². The third-order valence-electron chi connectivity index (χ3n) is 2.76. The van der Waals surface area contributed by atoms with Crippen molar-refractivity contribution in [1.29, 1.82) is 0 Å². The number of rotatable bonds is 2. The van der Waals surface area contributed by atoms with Crippen LogP contribution in [0.1, 0.15) is 9.67 Å². The Hall–Kier alpha value is -2.20. The topological polar surface area (TPSA) is 50.2 Å². The number of thiophene rings is 1. The van der Waals surface area contributed by atoms with Crippen LogP contribution in [0.25, 0.3) is 22.0 Å². The lowest BCUT2D eigenvalue weighted by Crippen LogP contribution is -1.94. The molecule has 1 aromatic carbocycles. The molecular weight excluding hydrogens is 246 g/mol. The molecule has 0 spiro atoms. The summed E-state index contributed by atoms with van der Waals surface area (Å²) in [5.41, 5.74) is 2.48. The van der Waals surface area contributed by atoms with Crippen molar-refractivity contribution in [2.75, 3.05) is 0 Å². The van der Waals surface area contributed by atoms with Crippen LogP contribution in [0.4, 0.5) is 0 Å². The van der Waals surface area contributed by atoms with Crippen molar-refractivity contribution in [1.82, 2.24) is 4.98 Å². The molecule has 0 saturated carbocycles. The summed E-state index contributed by atoms with van der Waals surface area (Å²) in [7, 11) is 0. The molecule has 0 bridgehead atoms. The van der Waals surface area contributed by atoms with Crippen LogP contribution in [0.3, 0.4) is 0 Å². The van der Waals surface area contributed by atoms with Crippen LogP contribution < -0.4 is 0 Å². The van der Waals surface area contributed by atoms with Crippen LogP contribution in [0.2, 0.25) is 0 Å². The summed E-state index contributed by atoms with van der Waals surface area (Å²) in [6, 6.07) is 11.6. The van der Waals surface area contributed by atoms with Crippen LogP contribution in [-0.2, 0) is 0 Å². The van der Waals surface area contributed by atoms with E-state index in [0.29, 0.717) is 4.88 Å². The normalized spacial score (nSPS) is 10.7. The smallest absolute Gasteiger partial charge is 0.346 e. The SMILES string of the molecule is O=C(O)c1sccc1-c1cnc2ccccc2c1. The standard InChI is InChI=1S/C14H9NO2S/c16-14(17)13-11(5-6-18-13)10-7-9-3-1-2-4-12(9)15-8-10/h1-8H,(H,16,17). The molecule has 2 aromatic heterocycles. The minimum Gasteiger partial charge on any atom is -0.477 e. The maximum atomic E-state index is 11.1. The molecule has 0 radical (unpaired) electrons. The van der Waals surface area contributed by atoms with E-state index in [1.165, 1.54) is 11.3 Å². The Bertz CT molecular complexity index is 733. The highest BCUT2D eigenvalue weighted by Gasteiger charge is 2.13. The van der Waals surface area contributed by atoms with Gasteiger partial charge in [0, 0.05) is 22.7 Å². The van der Waals surface area contributed by atoms with Gasteiger partial charge in [0.2, 0.25) is 0 Å². The molecule has 0 unspecified atom stereocenters. The van der Waals surface area contributed by atoms with E-state index in [1.54, 1.807) is 11.6 Å². The summed E-state index contributed by atoms with van der Waals surface area (Å²) in [5.74, 6) is -0.895. The fourth-order valence-corrected chi connectivity index (χ4v) is 2.67. The van der Waals surface area contributed by atoms with E-state index in [0.717, 1.165) is 22.0 Å². The van der Waals surface area contributed by atoms with E-state index in [4.69, 9.17) is 5.11 Å². The third-order valence-corrected chi connectivity index (χ3v) is 3.66. The second-order valence-corrected chi connectivity index (χ2v) is 4.80. The second kappa shape index (κ2) is 4.23. The Labute approximate surface area is 107 Å². The molecule has 0 atom stereocenters. The Morgan fingerprint density at radius 3 is 2.89 bits per heavy atom. The summed E-state index contributed by atoms with van der Waals surface area (Å²) in [6.45, 7) is 0. The molecule has 18 heavy (non-hydrogen) atoms. The number of hydrogen-bond acceptors (Lipinski definition) is 3. The van der Waals surface area contributed by atoms with Crippen LogP contribution in [0, 0.1) is 0 Å². The molecule has 3 rings (SSSR count). The van der Waals surface area contributed by atoms with Crippen LogP contribution in [-0.4, -0.2) is 16.1 Å². The number of carboxylic acid groups (broad SMARTS) is 1. The first kappa shape index (κ1) is 10.9. The van der Waals surface area contributed by atoms with Crippen molar-refractivity contribution < 1.29 is 9.90 Å². The van der Waals surface area contributed by atoms with E-state index in [-0.39, 0.29) is 0 Å². The fraction of sp³-hybridized carbons (Fsp3) is 0. The lowest BCUT2D eigenvalue weighted by atomic mass is 10.1. The number of aromatic nitrogens is 1. The molecule has 0 fully saturated rings. The molecule has 88 valence electrons. The molecule has 2 heterocycles. The average Bonchev–Trinajstić information content (AvgIpc) is 2.87. The lowest BCUT2D eigenvalue weighted by molar-refractivity contribution is 0.0703. The molecule has 0 amide bonds. The number of fused-ring (bicyclic) bond motifs is 1. The number of para-hydroxylation sites is 1. The number of benzene rings is 1. The van der Waals surface area contributed by atoms with Gasteiger partial charge in [0.1, 0.15) is 4.88 Å². The number of aromatic carboxylic acids is 1. The monoisotopic (exact) mass is 255 g/mol. The van der Waals surface area contributed by atoms with Gasteiger partial charge < -0.3 is 5.11 Å². The van der Waals surface area contributed by atoms with Crippen molar-refractivity contribution in [2.45, 2.75) is 0 Å². The first-order chi connectivity index (χ1) is 8.75. The number of nitrogens with zero attached hydrogens (tertiary/aromatic N) is 1. The largest absolute Gasteiger partial charge is 0.477 e. The van der Waals surface area contributed by atoms with Gasteiger partial charge in [-0.05, 0) is 23.6 Å². The van der Waals surface area contributed by atoms with Crippen molar-refractivity contribution in [3.05, 3.63) is 52.9 Å². The van der Waals surface area contributed by atoms with Crippen molar-refractivity contribution in [3.8, 4) is 11.1 Å². The summed E-state index contributed by atoms with van der Waals surface area (Å²) in [4.78, 5) is 15.8. The minimum atomic E-state index is -0.895. The highest BCUT2D eigenvalue weighted by atomic mass is 32.1. The molecule has 0 aliphatic heterocycles. The lowest BCUT2D eigenvalue weighted by Gasteiger charge is -2.02. The molecular formula is C14H9NO2S. The van der Waals surface area contributed by atoms with Crippen LogP contribution in [0.15, 0.2) is 48.0 Å². The van der Waals surface area contributed by atoms with E-state index in [9.17, 15) is 4.79 Å². The predicted molar refractivity (Wildman–Crippen MR) is 72.0 cm³/mol. The molecule has 0 aliphatic carbocycles. The Morgan fingerprint density at radius 2 is 2.06 bits per heavy atom. The van der Waals surface area contributed by atoms with Crippen molar-refractivity contribution in [2.24, 2.45) is 0 Å². The first-order valence-electron chi connectivity index (χ1n) is 5.41. The average molecular weight is 255 g/mol. The van der Waals surface area contributed by atoms with Gasteiger partial charge >= 0.3 is 5.97 Å². The Balaban J connectivity index is 2.19. The molecule has 4 heteroatoms. The van der Waals surface area contributed by atoms with Gasteiger partial charge in [-0.3, -0.25) is 4.98 Å². The molecule has 1 N–H and O–H groups in total. The third kappa shape index (κ3) is 1.76. The summed E-state index contributed by atoms with van der Waals surface area (Å²) < 4.78 is 0. The van der Waals surface area contributed by atoms with Gasteiger partial charge in [0.25, 0.3) is 0 Å². The van der Waals surface area contributed by atoms with Gasteiger partial charge in [-0.1, -0.05) is 18.2 Å². The zero-order valence-electron chi connectivity index (χ0n) is 9.33. The van der Waals surface area contributed by atoms with Gasteiger partial charge in [0.05, 0.1) is 5.52 Å². The second-order valence-electron chi connectivity index (χ2n) is 3.89. The maximum Gasteiger partial charge on any atom is 0.346 e. The van der Waals surface area contributed by atoms with E-state index in [2.05, 4.69) is 4.98 Å². The van der Waals surface area contributed by atoms with Crippen molar-refractivity contribution >= 4 is 28.2 Å². The predicted octanol–water partition coefficient (Wildman–Crippen LogP) is 3.66. The number of pyridine rings is 1. The maximum absolute atomic E-state index is 11.1. The van der Waals surface area contributed by atoms with Gasteiger partial charge in [-0.15, -0.1) is 11.3 Å². The fourth-order valence-electron chi connectivity index (χ4n) is 1.92. The van der Waals surface area contributed by atoms with Crippen molar-refractivity contribution in [3.63, 3.8) is 0 Å². The molecule has 0 aliphatic rings. The Kier molecular flexibility index (Phi) is 2.57. The van der Waals surface area contributed by atoms with E-state index < -0.39 is 5.97 Å². The molecule has 3 aromatic rings. The van der Waals surface area contributed by atoms with Gasteiger partial charge in [-0.2, -0.15) is 0 Å². The quantitative estimate of drug-likeness (QED) is 0.760. The van der Waals surface area contributed by atoms with E-state index >= 15 is 0 Å². The molecule has 0 saturated heterocycles. The zero-order valence-corrected chi connectivity index (χ0v) is 10.1. The Morgan fingerprint density at radius 1 is 1.22 bits per heavy atom. The number of carboxylic acids is 1. The minimum absolute atomic E-state index is 0.354. The van der Waals surface area contributed by atoms with Crippen LogP contribution >= 0.6 is 11.3 Å². The van der Waals surface area contributed by atoms with Crippen LogP contribution in [0.5, 0.6) is 0 Å². The van der Waals surface area contributed by atoms with E-state index in [1.807, 2.05) is 36.4 Å². The number of hydrogen-bond donors (Lipinski definition) is 1. The number of carbonyl (C=O) groups is 1. The summed E-state index contributed by atoms with van der Waals surface area (Å²) in [6.07, 6.45) is 1.72. The zero-order chi connectivity index (χ0) is 12.5.